The quantitative estimate of drug-likeness (QED) is 0.714. The number of aromatic nitrogens is 2. The fourth-order valence-corrected chi connectivity index (χ4v) is 4.57. The summed E-state index contributed by atoms with van der Waals surface area (Å²) in [4.78, 5) is 12.1. The van der Waals surface area contributed by atoms with Gasteiger partial charge in [-0.15, -0.1) is 11.6 Å². The van der Waals surface area contributed by atoms with Gasteiger partial charge in [-0.2, -0.15) is 0 Å². The van der Waals surface area contributed by atoms with Crippen molar-refractivity contribution in [1.82, 2.24) is 9.13 Å². The van der Waals surface area contributed by atoms with Crippen LogP contribution in [-0.4, -0.2) is 9.13 Å². The molecule has 0 spiro atoms. The summed E-state index contributed by atoms with van der Waals surface area (Å²) < 4.78 is 4.37. The van der Waals surface area contributed by atoms with Gasteiger partial charge in [0.2, 0.25) is 0 Å². The van der Waals surface area contributed by atoms with E-state index in [0.29, 0.717) is 5.92 Å². The smallest absolute Gasteiger partial charge is 0.295 e. The Labute approximate surface area is 138 Å². The molecule has 0 N–H and O–H groups in total. The first-order chi connectivity index (χ1) is 10.0. The minimum absolute atomic E-state index is 0.00200. The van der Waals surface area contributed by atoms with Crippen molar-refractivity contribution in [3.8, 4) is 0 Å². The molecule has 1 saturated carbocycles. The highest BCUT2D eigenvalue weighted by Crippen LogP contribution is 2.42. The van der Waals surface area contributed by atoms with Gasteiger partial charge >= 0.3 is 5.69 Å². The molecular weight excluding hydrogens is 352 g/mol. The van der Waals surface area contributed by atoms with Gasteiger partial charge in [-0.25, -0.2) is 4.79 Å². The van der Waals surface area contributed by atoms with Gasteiger partial charge in [-0.3, -0.25) is 9.13 Å². The van der Waals surface area contributed by atoms with Gasteiger partial charge in [0.1, 0.15) is 0 Å². The van der Waals surface area contributed by atoms with Crippen LogP contribution in [-0.2, 0) is 14.1 Å². The van der Waals surface area contributed by atoms with Crippen LogP contribution < -0.4 is 5.69 Å². The molecule has 0 bridgehead atoms. The molecule has 0 radical (unpaired) electrons. The largest absolute Gasteiger partial charge is 0.328 e. The summed E-state index contributed by atoms with van der Waals surface area (Å²) in [5.74, 6) is 0.537. The van der Waals surface area contributed by atoms with Crippen LogP contribution in [0.1, 0.15) is 43.0 Å². The van der Waals surface area contributed by atoms with Gasteiger partial charge in [0, 0.05) is 18.6 Å². The Kier molecular flexibility index (Phi) is 4.19. The number of fused-ring (bicyclic) bond motifs is 1. The first kappa shape index (κ1) is 15.2. The van der Waals surface area contributed by atoms with Crippen molar-refractivity contribution < 1.29 is 0 Å². The molecule has 1 aliphatic carbocycles. The summed E-state index contributed by atoms with van der Waals surface area (Å²) in [7, 11) is 3.61. The number of imidazole rings is 1. The fourth-order valence-electron chi connectivity index (χ4n) is 3.43. The monoisotopic (exact) mass is 370 g/mol. The van der Waals surface area contributed by atoms with Crippen LogP contribution in [0, 0.1) is 5.92 Å². The van der Waals surface area contributed by atoms with Crippen LogP contribution in [0.5, 0.6) is 0 Å². The maximum atomic E-state index is 12.1. The third-order valence-electron chi connectivity index (χ3n) is 4.75. The minimum Gasteiger partial charge on any atom is -0.295 e. The molecule has 1 aliphatic rings. The highest BCUT2D eigenvalue weighted by atomic mass is 79.9. The first-order valence-electron chi connectivity index (χ1n) is 7.49. The second-order valence-corrected chi connectivity index (χ2v) is 7.39. The summed E-state index contributed by atoms with van der Waals surface area (Å²) in [5, 5.41) is 0.0133. The summed E-state index contributed by atoms with van der Waals surface area (Å²) in [6.45, 7) is 0. The lowest BCUT2D eigenvalue weighted by Gasteiger charge is -2.27. The van der Waals surface area contributed by atoms with Crippen molar-refractivity contribution in [2.45, 2.75) is 37.5 Å². The molecule has 1 aromatic heterocycles. The van der Waals surface area contributed by atoms with E-state index in [4.69, 9.17) is 11.6 Å². The fraction of sp³-hybridized carbons (Fsp3) is 0.562. The number of hydrogen-bond acceptors (Lipinski definition) is 1. The van der Waals surface area contributed by atoms with E-state index in [0.717, 1.165) is 21.1 Å². The Bertz CT molecular complexity index is 728. The highest BCUT2D eigenvalue weighted by Gasteiger charge is 2.25. The minimum atomic E-state index is -0.00200. The predicted molar refractivity (Wildman–Crippen MR) is 91.0 cm³/mol. The van der Waals surface area contributed by atoms with Crippen molar-refractivity contribution in [3.63, 3.8) is 0 Å². The molecule has 1 heterocycles. The SMILES string of the molecule is Cn1c(=O)n(C)c2cc(C(Cl)C3CCCCC3)c(Br)cc21. The van der Waals surface area contributed by atoms with Crippen LogP contribution in [0.2, 0.25) is 0 Å². The molecule has 1 aromatic carbocycles. The van der Waals surface area contributed by atoms with Crippen LogP contribution >= 0.6 is 27.5 Å². The number of rotatable bonds is 2. The normalized spacial score (nSPS) is 18.3. The van der Waals surface area contributed by atoms with Crippen molar-refractivity contribution >= 4 is 38.6 Å². The summed E-state index contributed by atoms with van der Waals surface area (Å²) in [6.07, 6.45) is 6.28. The Hall–Kier alpha value is -0.740. The van der Waals surface area contributed by atoms with Crippen molar-refractivity contribution in [2.75, 3.05) is 0 Å². The second kappa shape index (κ2) is 5.81. The molecule has 3 nitrogen and oxygen atoms in total. The van der Waals surface area contributed by atoms with Gasteiger partial charge < -0.3 is 0 Å². The van der Waals surface area contributed by atoms with Gasteiger partial charge in [0.05, 0.1) is 16.4 Å². The molecular formula is C16H20BrClN2O. The third kappa shape index (κ3) is 2.57. The zero-order chi connectivity index (χ0) is 15.1. The molecule has 0 saturated heterocycles. The maximum absolute atomic E-state index is 12.1. The van der Waals surface area contributed by atoms with Gasteiger partial charge in [-0.1, -0.05) is 35.2 Å². The van der Waals surface area contributed by atoms with E-state index < -0.39 is 0 Å². The third-order valence-corrected chi connectivity index (χ3v) is 6.03. The number of benzene rings is 1. The number of aryl methyl sites for hydroxylation is 2. The van der Waals surface area contributed by atoms with E-state index in [1.54, 1.807) is 16.2 Å². The molecule has 1 atom stereocenters. The van der Waals surface area contributed by atoms with Crippen molar-refractivity contribution in [3.05, 3.63) is 32.7 Å². The highest BCUT2D eigenvalue weighted by molar-refractivity contribution is 9.10. The number of alkyl halides is 1. The lowest BCUT2D eigenvalue weighted by atomic mass is 9.84. The lowest BCUT2D eigenvalue weighted by molar-refractivity contribution is 0.348. The zero-order valence-corrected chi connectivity index (χ0v) is 14.7. The van der Waals surface area contributed by atoms with Crippen molar-refractivity contribution in [2.24, 2.45) is 20.0 Å². The Morgan fingerprint density at radius 3 is 2.33 bits per heavy atom. The van der Waals surface area contributed by atoms with Crippen LogP contribution in [0.3, 0.4) is 0 Å². The van der Waals surface area contributed by atoms with Gasteiger partial charge in [0.25, 0.3) is 0 Å². The van der Waals surface area contributed by atoms with E-state index in [2.05, 4.69) is 22.0 Å². The zero-order valence-electron chi connectivity index (χ0n) is 12.4. The van der Waals surface area contributed by atoms with E-state index in [1.165, 1.54) is 32.1 Å². The Morgan fingerprint density at radius 1 is 1.14 bits per heavy atom. The second-order valence-electron chi connectivity index (χ2n) is 6.06. The summed E-state index contributed by atoms with van der Waals surface area (Å²) in [5.41, 5.74) is 2.99. The molecule has 114 valence electrons. The van der Waals surface area contributed by atoms with E-state index >= 15 is 0 Å². The lowest BCUT2D eigenvalue weighted by Crippen LogP contribution is -2.19. The van der Waals surface area contributed by atoms with Crippen LogP contribution in [0.4, 0.5) is 0 Å². The average Bonchev–Trinajstić information content (AvgIpc) is 2.71. The Morgan fingerprint density at radius 2 is 1.71 bits per heavy atom. The molecule has 3 rings (SSSR count). The molecule has 1 fully saturated rings. The number of nitrogens with zero attached hydrogens (tertiary/aromatic N) is 2. The Balaban J connectivity index is 2.08. The molecule has 0 amide bonds. The summed E-state index contributed by atoms with van der Waals surface area (Å²) in [6, 6.07) is 4.09. The molecule has 21 heavy (non-hydrogen) atoms. The van der Waals surface area contributed by atoms with E-state index in [-0.39, 0.29) is 11.1 Å². The average molecular weight is 372 g/mol. The summed E-state index contributed by atoms with van der Waals surface area (Å²) >= 11 is 10.4. The van der Waals surface area contributed by atoms with E-state index in [1.807, 2.05) is 13.1 Å². The van der Waals surface area contributed by atoms with Crippen molar-refractivity contribution in [1.29, 1.82) is 0 Å². The van der Waals surface area contributed by atoms with Gasteiger partial charge in [-0.05, 0) is 36.5 Å². The standard InChI is InChI=1S/C16H20BrClN2O/c1-19-13-8-11(15(18)10-6-4-3-5-7-10)12(17)9-14(13)20(2)16(19)21/h8-10,15H,3-7H2,1-2H3. The molecule has 5 heteroatoms. The first-order valence-corrected chi connectivity index (χ1v) is 8.72. The van der Waals surface area contributed by atoms with Crippen LogP contribution in [0.25, 0.3) is 11.0 Å². The molecule has 2 aromatic rings. The predicted octanol–water partition coefficient (Wildman–Crippen LogP) is 4.50. The molecule has 0 aliphatic heterocycles. The van der Waals surface area contributed by atoms with E-state index in [9.17, 15) is 4.79 Å². The van der Waals surface area contributed by atoms with Crippen LogP contribution in [0.15, 0.2) is 21.4 Å². The topological polar surface area (TPSA) is 26.9 Å². The maximum Gasteiger partial charge on any atom is 0.328 e. The van der Waals surface area contributed by atoms with Gasteiger partial charge in [0.15, 0.2) is 0 Å². The number of halogens is 2. The number of hydrogen-bond donors (Lipinski definition) is 0. The molecule has 1 unspecified atom stereocenters.